The lowest BCUT2D eigenvalue weighted by atomic mass is 10.1. The van der Waals surface area contributed by atoms with Gasteiger partial charge in [-0.15, -0.1) is 0 Å². The third-order valence-corrected chi connectivity index (χ3v) is 6.10. The Morgan fingerprint density at radius 1 is 1.25 bits per heavy atom. The second-order valence-corrected chi connectivity index (χ2v) is 7.58. The number of hydrogen-bond donors (Lipinski definition) is 1. The Morgan fingerprint density at radius 2 is 1.95 bits per heavy atom. The first kappa shape index (κ1) is 15.0. The van der Waals surface area contributed by atoms with Crippen LogP contribution in [0.1, 0.15) is 16.7 Å². The molecule has 0 spiro atoms. The Morgan fingerprint density at radius 3 is 2.55 bits per heavy atom. The molecule has 0 saturated carbocycles. The molecule has 1 aromatic carbocycles. The van der Waals surface area contributed by atoms with E-state index in [1.807, 2.05) is 29.8 Å². The molecule has 0 fully saturated rings. The molecule has 0 unspecified atom stereocenters. The molecule has 0 atom stereocenters. The zero-order valence-electron chi connectivity index (χ0n) is 11.8. The van der Waals surface area contributed by atoms with E-state index in [1.165, 1.54) is 4.31 Å². The van der Waals surface area contributed by atoms with Crippen molar-refractivity contribution in [3.63, 3.8) is 0 Å². The topological polar surface area (TPSA) is 63.4 Å². The van der Waals surface area contributed by atoms with Crippen molar-refractivity contribution in [2.75, 3.05) is 12.8 Å². The Hall–Kier alpha value is -1.37. The maximum absolute atomic E-state index is 12.7. The van der Waals surface area contributed by atoms with E-state index in [9.17, 15) is 8.42 Å². The van der Waals surface area contributed by atoms with Gasteiger partial charge in [-0.25, -0.2) is 8.42 Å². The molecule has 0 bridgehead atoms. The van der Waals surface area contributed by atoms with Gasteiger partial charge in [-0.3, -0.25) is 0 Å². The highest BCUT2D eigenvalue weighted by molar-refractivity contribution is 7.89. The lowest BCUT2D eigenvalue weighted by Gasteiger charge is -2.20. The summed E-state index contributed by atoms with van der Waals surface area (Å²) in [7, 11) is -2.01. The zero-order chi connectivity index (χ0) is 14.9. The largest absolute Gasteiger partial charge is 0.398 e. The summed E-state index contributed by atoms with van der Waals surface area (Å²) in [5.74, 6) is 0. The van der Waals surface area contributed by atoms with Crippen molar-refractivity contribution in [1.82, 2.24) is 4.31 Å². The zero-order valence-corrected chi connectivity index (χ0v) is 13.4. The number of hydrogen-bond acceptors (Lipinski definition) is 4. The minimum Gasteiger partial charge on any atom is -0.398 e. The molecule has 0 aliphatic rings. The summed E-state index contributed by atoms with van der Waals surface area (Å²) in [5.41, 5.74) is 8.79. The van der Waals surface area contributed by atoms with Crippen LogP contribution in [0.25, 0.3) is 0 Å². The third-order valence-electron chi connectivity index (χ3n) is 3.36. The van der Waals surface area contributed by atoms with Crippen molar-refractivity contribution in [2.24, 2.45) is 0 Å². The van der Waals surface area contributed by atoms with Crippen LogP contribution < -0.4 is 5.73 Å². The van der Waals surface area contributed by atoms with Crippen LogP contribution in [-0.2, 0) is 16.6 Å². The predicted octanol–water partition coefficient (Wildman–Crippen LogP) is 2.77. The number of rotatable bonds is 4. The van der Waals surface area contributed by atoms with Gasteiger partial charge in [-0.1, -0.05) is 6.07 Å². The molecule has 1 aromatic heterocycles. The second-order valence-electron chi connectivity index (χ2n) is 4.82. The van der Waals surface area contributed by atoms with Crippen molar-refractivity contribution in [1.29, 1.82) is 0 Å². The summed E-state index contributed by atoms with van der Waals surface area (Å²) in [4.78, 5) is 0.218. The van der Waals surface area contributed by atoms with Crippen LogP contribution in [0.15, 0.2) is 33.9 Å². The van der Waals surface area contributed by atoms with Crippen LogP contribution in [0.5, 0.6) is 0 Å². The molecule has 0 aliphatic carbocycles. The van der Waals surface area contributed by atoms with Gasteiger partial charge in [0.2, 0.25) is 10.0 Å². The van der Waals surface area contributed by atoms with Crippen LogP contribution >= 0.6 is 11.3 Å². The van der Waals surface area contributed by atoms with E-state index in [4.69, 9.17) is 5.73 Å². The average molecular weight is 310 g/mol. The van der Waals surface area contributed by atoms with Gasteiger partial charge in [-0.2, -0.15) is 15.6 Å². The quantitative estimate of drug-likeness (QED) is 0.883. The molecule has 2 N–H and O–H groups in total. The van der Waals surface area contributed by atoms with Gasteiger partial charge in [0, 0.05) is 13.6 Å². The molecular weight excluding hydrogens is 292 g/mol. The Labute approximate surface area is 123 Å². The first-order valence-corrected chi connectivity index (χ1v) is 8.55. The summed E-state index contributed by atoms with van der Waals surface area (Å²) >= 11 is 1.55. The summed E-state index contributed by atoms with van der Waals surface area (Å²) < 4.78 is 26.7. The molecule has 0 amide bonds. The Balaban J connectivity index is 2.42. The van der Waals surface area contributed by atoms with Gasteiger partial charge in [0.25, 0.3) is 0 Å². The molecule has 6 heteroatoms. The lowest BCUT2D eigenvalue weighted by molar-refractivity contribution is 0.467. The SMILES string of the molecule is Cc1ccc(N)c(S(=O)(=O)N(C)Cc2ccsc2)c1C. The summed E-state index contributed by atoms with van der Waals surface area (Å²) in [5, 5.41) is 3.88. The minimum absolute atomic E-state index is 0.218. The van der Waals surface area contributed by atoms with Crippen molar-refractivity contribution in [3.8, 4) is 0 Å². The monoisotopic (exact) mass is 310 g/mol. The maximum atomic E-state index is 12.7. The smallest absolute Gasteiger partial charge is 0.245 e. The fourth-order valence-corrected chi connectivity index (χ4v) is 4.24. The highest BCUT2D eigenvalue weighted by atomic mass is 32.2. The third kappa shape index (κ3) is 2.72. The van der Waals surface area contributed by atoms with E-state index in [1.54, 1.807) is 31.4 Å². The summed E-state index contributed by atoms with van der Waals surface area (Å²) in [6.07, 6.45) is 0. The average Bonchev–Trinajstić information content (AvgIpc) is 2.87. The maximum Gasteiger partial charge on any atom is 0.245 e. The molecule has 2 aromatic rings. The van der Waals surface area contributed by atoms with Crippen molar-refractivity contribution < 1.29 is 8.42 Å². The molecule has 0 aliphatic heterocycles. The Kier molecular flexibility index (Phi) is 4.17. The van der Waals surface area contributed by atoms with Crippen LogP contribution in [-0.4, -0.2) is 19.8 Å². The first-order chi connectivity index (χ1) is 9.34. The highest BCUT2D eigenvalue weighted by Gasteiger charge is 2.26. The van der Waals surface area contributed by atoms with Crippen molar-refractivity contribution in [2.45, 2.75) is 25.3 Å². The van der Waals surface area contributed by atoms with Gasteiger partial charge >= 0.3 is 0 Å². The number of nitrogens with two attached hydrogens (primary N) is 1. The standard InChI is InChI=1S/C14H18N2O2S2/c1-10-4-5-13(15)14(11(10)2)20(17,18)16(3)8-12-6-7-19-9-12/h4-7,9H,8,15H2,1-3H3. The molecule has 4 nitrogen and oxygen atoms in total. The second kappa shape index (κ2) is 5.55. The van der Waals surface area contributed by atoms with Crippen LogP contribution in [0, 0.1) is 13.8 Å². The fraction of sp³-hybridized carbons (Fsp3) is 0.286. The molecule has 1 heterocycles. The summed E-state index contributed by atoms with van der Waals surface area (Å²) in [6, 6.07) is 5.40. The normalized spacial score (nSPS) is 12.0. The highest BCUT2D eigenvalue weighted by Crippen LogP contribution is 2.28. The first-order valence-electron chi connectivity index (χ1n) is 6.17. The lowest BCUT2D eigenvalue weighted by Crippen LogP contribution is -2.28. The number of sulfonamides is 1. The van der Waals surface area contributed by atoms with E-state index in [0.717, 1.165) is 11.1 Å². The molecule has 2 rings (SSSR count). The van der Waals surface area contributed by atoms with E-state index < -0.39 is 10.0 Å². The number of benzene rings is 1. The van der Waals surface area contributed by atoms with Crippen LogP contribution in [0.3, 0.4) is 0 Å². The molecular formula is C14H18N2O2S2. The number of thiophene rings is 1. The van der Waals surface area contributed by atoms with Crippen molar-refractivity contribution in [3.05, 3.63) is 45.6 Å². The molecule has 0 saturated heterocycles. The minimum atomic E-state index is -3.59. The predicted molar refractivity (Wildman–Crippen MR) is 83.3 cm³/mol. The fourth-order valence-electron chi connectivity index (χ4n) is 2.03. The van der Waals surface area contributed by atoms with Gasteiger partial charge in [0.05, 0.1) is 5.69 Å². The van der Waals surface area contributed by atoms with Gasteiger partial charge in [-0.05, 0) is 53.4 Å². The number of nitrogens with zero attached hydrogens (tertiary/aromatic N) is 1. The number of aryl methyl sites for hydroxylation is 1. The molecule has 20 heavy (non-hydrogen) atoms. The van der Waals surface area contributed by atoms with Crippen LogP contribution in [0.2, 0.25) is 0 Å². The number of anilines is 1. The Bertz CT molecular complexity index is 707. The molecule has 0 radical (unpaired) electrons. The van der Waals surface area contributed by atoms with E-state index in [2.05, 4.69) is 0 Å². The van der Waals surface area contributed by atoms with E-state index in [-0.39, 0.29) is 4.90 Å². The van der Waals surface area contributed by atoms with Gasteiger partial charge in [0.1, 0.15) is 4.90 Å². The van der Waals surface area contributed by atoms with Crippen LogP contribution in [0.4, 0.5) is 5.69 Å². The van der Waals surface area contributed by atoms with Gasteiger partial charge in [0.15, 0.2) is 0 Å². The number of nitrogen functional groups attached to an aromatic ring is 1. The summed E-state index contributed by atoms with van der Waals surface area (Å²) in [6.45, 7) is 4.02. The van der Waals surface area contributed by atoms with E-state index in [0.29, 0.717) is 17.8 Å². The van der Waals surface area contributed by atoms with E-state index >= 15 is 0 Å². The van der Waals surface area contributed by atoms with Crippen molar-refractivity contribution >= 4 is 27.0 Å². The van der Waals surface area contributed by atoms with Gasteiger partial charge < -0.3 is 5.73 Å². The molecule has 108 valence electrons.